The first-order valence-corrected chi connectivity index (χ1v) is 9.84. The van der Waals surface area contributed by atoms with Crippen LogP contribution in [0.25, 0.3) is 11.1 Å². The smallest absolute Gasteiger partial charge is 0.338 e. The summed E-state index contributed by atoms with van der Waals surface area (Å²) in [7, 11) is 0. The molecule has 0 fully saturated rings. The Labute approximate surface area is 170 Å². The molecule has 0 aromatic heterocycles. The number of aryl methyl sites for hydroxylation is 1. The van der Waals surface area contributed by atoms with Crippen molar-refractivity contribution >= 4 is 11.9 Å². The molecule has 0 aliphatic heterocycles. The summed E-state index contributed by atoms with van der Waals surface area (Å²) in [6.07, 6.45) is 0.929. The molecule has 0 saturated carbocycles. The highest BCUT2D eigenvalue weighted by Gasteiger charge is 2.38. The fourth-order valence-corrected chi connectivity index (χ4v) is 3.94. The topological polar surface area (TPSA) is 69.4 Å². The van der Waals surface area contributed by atoms with Gasteiger partial charge in [0.25, 0.3) is 0 Å². The van der Waals surface area contributed by atoms with Crippen molar-refractivity contribution in [1.82, 2.24) is 0 Å². The zero-order valence-electron chi connectivity index (χ0n) is 16.3. The Morgan fingerprint density at radius 2 is 1.55 bits per heavy atom. The van der Waals surface area contributed by atoms with Crippen molar-refractivity contribution in [1.29, 1.82) is 0 Å². The Hall–Kier alpha value is -3.40. The van der Waals surface area contributed by atoms with E-state index in [1.807, 2.05) is 36.4 Å². The molecule has 0 bridgehead atoms. The van der Waals surface area contributed by atoms with Gasteiger partial charge < -0.3 is 10.5 Å². The van der Waals surface area contributed by atoms with Crippen molar-refractivity contribution in [2.75, 3.05) is 0 Å². The van der Waals surface area contributed by atoms with E-state index in [-0.39, 0.29) is 0 Å². The van der Waals surface area contributed by atoms with Crippen LogP contribution in [0.15, 0.2) is 72.8 Å². The Morgan fingerprint density at radius 3 is 2.17 bits per heavy atom. The van der Waals surface area contributed by atoms with Crippen LogP contribution in [0.5, 0.6) is 0 Å². The van der Waals surface area contributed by atoms with E-state index in [9.17, 15) is 9.59 Å². The molecule has 2 atom stereocenters. The van der Waals surface area contributed by atoms with Gasteiger partial charge in [0.1, 0.15) is 12.0 Å². The number of esters is 1. The molecule has 0 saturated heterocycles. The van der Waals surface area contributed by atoms with E-state index in [4.69, 9.17) is 10.5 Å². The summed E-state index contributed by atoms with van der Waals surface area (Å²) in [6.45, 7) is 2.13. The molecular formula is C25H23NO3. The molecule has 4 rings (SSSR count). The molecule has 2 unspecified atom stereocenters. The summed E-state index contributed by atoms with van der Waals surface area (Å²) in [4.78, 5) is 24.6. The fourth-order valence-electron chi connectivity index (χ4n) is 3.94. The predicted molar refractivity (Wildman–Crippen MR) is 113 cm³/mol. The SMILES string of the molecule is CCc1ccc(-c2ccc(C(=O)OC3Cc4ccccc4C3C(N)=O)cc2)cc1. The standard InChI is InChI=1S/C25H23NO3/c1-2-16-7-9-17(10-8-16)18-11-13-19(14-12-18)25(28)29-22-15-20-5-3-4-6-21(20)23(22)24(26)27/h3-14,22-23H,2,15H2,1H3,(H2,26,27). The zero-order valence-corrected chi connectivity index (χ0v) is 16.3. The van der Waals surface area contributed by atoms with Crippen molar-refractivity contribution in [2.45, 2.75) is 31.8 Å². The van der Waals surface area contributed by atoms with Crippen molar-refractivity contribution in [3.05, 3.63) is 95.1 Å². The van der Waals surface area contributed by atoms with Crippen molar-refractivity contribution in [2.24, 2.45) is 5.73 Å². The van der Waals surface area contributed by atoms with Gasteiger partial charge in [-0.05, 0) is 46.4 Å². The van der Waals surface area contributed by atoms with E-state index in [0.717, 1.165) is 28.7 Å². The van der Waals surface area contributed by atoms with Crippen LogP contribution in [0.1, 0.15) is 39.9 Å². The minimum Gasteiger partial charge on any atom is -0.457 e. The summed E-state index contributed by atoms with van der Waals surface area (Å²) in [5, 5.41) is 0. The van der Waals surface area contributed by atoms with Gasteiger partial charge in [0.15, 0.2) is 0 Å². The summed E-state index contributed by atoms with van der Waals surface area (Å²) in [5.41, 5.74) is 11.3. The second kappa shape index (κ2) is 7.92. The molecule has 29 heavy (non-hydrogen) atoms. The molecule has 1 aliphatic carbocycles. The lowest BCUT2D eigenvalue weighted by Gasteiger charge is -2.18. The number of fused-ring (bicyclic) bond motifs is 1. The van der Waals surface area contributed by atoms with Gasteiger partial charge in [-0.25, -0.2) is 4.79 Å². The van der Waals surface area contributed by atoms with Crippen LogP contribution in [0, 0.1) is 0 Å². The maximum absolute atomic E-state index is 12.7. The fraction of sp³-hybridized carbons (Fsp3) is 0.200. The van der Waals surface area contributed by atoms with Gasteiger partial charge in [-0.1, -0.05) is 67.6 Å². The number of benzene rings is 3. The highest BCUT2D eigenvalue weighted by molar-refractivity contribution is 5.91. The number of hydrogen-bond acceptors (Lipinski definition) is 3. The Bertz CT molecular complexity index is 1040. The van der Waals surface area contributed by atoms with Crippen LogP contribution in [0.3, 0.4) is 0 Å². The zero-order chi connectivity index (χ0) is 20.4. The van der Waals surface area contributed by atoms with E-state index in [1.165, 1.54) is 5.56 Å². The van der Waals surface area contributed by atoms with Gasteiger partial charge in [-0.2, -0.15) is 0 Å². The molecule has 0 heterocycles. The number of carbonyl (C=O) groups is 2. The summed E-state index contributed by atoms with van der Waals surface area (Å²) in [5.74, 6) is -1.52. The van der Waals surface area contributed by atoms with E-state index in [1.54, 1.807) is 12.1 Å². The normalized spacial score (nSPS) is 17.6. The molecule has 2 N–H and O–H groups in total. The summed E-state index contributed by atoms with van der Waals surface area (Å²) in [6, 6.07) is 23.3. The van der Waals surface area contributed by atoms with Gasteiger partial charge in [0, 0.05) is 6.42 Å². The maximum atomic E-state index is 12.7. The van der Waals surface area contributed by atoms with E-state index in [0.29, 0.717) is 12.0 Å². The number of hydrogen-bond donors (Lipinski definition) is 1. The molecule has 1 amide bonds. The quantitative estimate of drug-likeness (QED) is 0.667. The highest BCUT2D eigenvalue weighted by Crippen LogP contribution is 2.35. The number of primary amides is 1. The Balaban J connectivity index is 1.49. The molecule has 146 valence electrons. The van der Waals surface area contributed by atoms with Crippen molar-refractivity contribution in [3.8, 4) is 11.1 Å². The van der Waals surface area contributed by atoms with E-state index in [2.05, 4.69) is 31.2 Å². The maximum Gasteiger partial charge on any atom is 0.338 e. The minimum absolute atomic E-state index is 0.443. The van der Waals surface area contributed by atoms with Crippen molar-refractivity contribution < 1.29 is 14.3 Å². The molecule has 0 radical (unpaired) electrons. The second-order valence-electron chi connectivity index (χ2n) is 7.35. The minimum atomic E-state index is -0.605. The average Bonchev–Trinajstić information content (AvgIpc) is 3.12. The summed E-state index contributed by atoms with van der Waals surface area (Å²) < 4.78 is 5.69. The molecule has 0 spiro atoms. The monoisotopic (exact) mass is 385 g/mol. The number of carbonyl (C=O) groups excluding carboxylic acids is 2. The predicted octanol–water partition coefficient (Wildman–Crippen LogP) is 4.27. The summed E-state index contributed by atoms with van der Waals surface area (Å²) >= 11 is 0. The van der Waals surface area contributed by atoms with Crippen LogP contribution < -0.4 is 5.73 Å². The van der Waals surface area contributed by atoms with Gasteiger partial charge in [-0.15, -0.1) is 0 Å². The largest absolute Gasteiger partial charge is 0.457 e. The number of amides is 1. The third kappa shape index (κ3) is 3.79. The molecule has 1 aliphatic rings. The lowest BCUT2D eigenvalue weighted by molar-refractivity contribution is -0.121. The van der Waals surface area contributed by atoms with Crippen LogP contribution in [0.2, 0.25) is 0 Å². The molecule has 4 heteroatoms. The average molecular weight is 385 g/mol. The van der Waals surface area contributed by atoms with E-state index < -0.39 is 23.9 Å². The van der Waals surface area contributed by atoms with Gasteiger partial charge >= 0.3 is 5.97 Å². The Kier molecular flexibility index (Phi) is 5.17. The van der Waals surface area contributed by atoms with Crippen LogP contribution in [-0.2, 0) is 22.4 Å². The van der Waals surface area contributed by atoms with Gasteiger partial charge in [0.05, 0.1) is 5.56 Å². The van der Waals surface area contributed by atoms with Crippen LogP contribution in [-0.4, -0.2) is 18.0 Å². The number of rotatable bonds is 5. The molecule has 3 aromatic rings. The second-order valence-corrected chi connectivity index (χ2v) is 7.35. The van der Waals surface area contributed by atoms with E-state index >= 15 is 0 Å². The highest BCUT2D eigenvalue weighted by atomic mass is 16.5. The molecular weight excluding hydrogens is 362 g/mol. The first-order valence-electron chi connectivity index (χ1n) is 9.84. The van der Waals surface area contributed by atoms with Gasteiger partial charge in [-0.3, -0.25) is 4.79 Å². The number of ether oxygens (including phenoxy) is 1. The molecule has 4 nitrogen and oxygen atoms in total. The molecule has 3 aromatic carbocycles. The van der Waals surface area contributed by atoms with Gasteiger partial charge in [0.2, 0.25) is 5.91 Å². The number of nitrogens with two attached hydrogens (primary N) is 1. The third-order valence-electron chi connectivity index (χ3n) is 5.56. The first-order chi connectivity index (χ1) is 14.1. The lowest BCUT2D eigenvalue weighted by Crippen LogP contribution is -2.32. The van der Waals surface area contributed by atoms with Crippen LogP contribution in [0.4, 0.5) is 0 Å². The third-order valence-corrected chi connectivity index (χ3v) is 5.56. The first kappa shape index (κ1) is 18.9. The van der Waals surface area contributed by atoms with Crippen molar-refractivity contribution in [3.63, 3.8) is 0 Å². The lowest BCUT2D eigenvalue weighted by atomic mass is 9.99. The van der Waals surface area contributed by atoms with Crippen LogP contribution >= 0.6 is 0 Å². The Morgan fingerprint density at radius 1 is 0.931 bits per heavy atom.